The molecule has 0 radical (unpaired) electrons. The number of ketones is 1. The molecule has 0 bridgehead atoms. The Morgan fingerprint density at radius 2 is 1.78 bits per heavy atom. The number of alkyl carbamates (subject to hydrolysis) is 1. The molecule has 1 heterocycles. The fourth-order valence-corrected chi connectivity index (χ4v) is 4.27. The summed E-state index contributed by atoms with van der Waals surface area (Å²) in [5.74, 6) is -1.57. The van der Waals surface area contributed by atoms with Gasteiger partial charge in [-0.15, -0.1) is 0 Å². The van der Waals surface area contributed by atoms with Gasteiger partial charge in [0.05, 0.1) is 11.6 Å². The van der Waals surface area contributed by atoms with Crippen LogP contribution in [0.5, 0.6) is 0 Å². The van der Waals surface area contributed by atoms with Crippen LogP contribution in [0.2, 0.25) is 0 Å². The minimum atomic E-state index is -1.16. The van der Waals surface area contributed by atoms with Crippen LogP contribution in [0.3, 0.4) is 0 Å². The molecule has 8 heteroatoms. The molecule has 1 aliphatic heterocycles. The zero-order chi connectivity index (χ0) is 26.3. The molecule has 0 aliphatic carbocycles. The first-order valence-corrected chi connectivity index (χ1v) is 12.0. The highest BCUT2D eigenvalue weighted by Crippen LogP contribution is 2.28. The Morgan fingerprint density at radius 3 is 2.36 bits per heavy atom. The summed E-state index contributed by atoms with van der Waals surface area (Å²) >= 11 is 0. The van der Waals surface area contributed by atoms with Crippen molar-refractivity contribution in [3.8, 4) is 17.2 Å². The molecule has 1 fully saturated rings. The number of hydrogen-bond donors (Lipinski definition) is 2. The molecule has 8 nitrogen and oxygen atoms in total. The lowest BCUT2D eigenvalue weighted by Crippen LogP contribution is -2.58. The van der Waals surface area contributed by atoms with Crippen LogP contribution in [-0.4, -0.2) is 42.1 Å². The number of nitriles is 1. The van der Waals surface area contributed by atoms with E-state index in [-0.39, 0.29) is 12.2 Å². The maximum absolute atomic E-state index is 13.5. The molecule has 3 rings (SSSR count). The second-order valence-corrected chi connectivity index (χ2v) is 10.1. The molecule has 1 saturated heterocycles. The molecule has 1 atom stereocenters. The van der Waals surface area contributed by atoms with Gasteiger partial charge in [-0.05, 0) is 56.0 Å². The summed E-state index contributed by atoms with van der Waals surface area (Å²) in [4.78, 5) is 38.3. The SMILES string of the molecule is CC(C)(C)OC(=O)NC1(C(=O)C[C@@H](Cc2ccc(-c3cccc(C#N)c3)cc2)C(N)=O)CCOCC1. The van der Waals surface area contributed by atoms with Crippen molar-refractivity contribution in [3.05, 3.63) is 59.7 Å². The van der Waals surface area contributed by atoms with Gasteiger partial charge in [0, 0.05) is 38.4 Å². The average molecular weight is 492 g/mol. The lowest BCUT2D eigenvalue weighted by Gasteiger charge is -2.37. The Hall–Kier alpha value is -3.70. The predicted octanol–water partition coefficient (Wildman–Crippen LogP) is 3.90. The maximum atomic E-state index is 13.5. The molecule has 2 amide bonds. The third-order valence-electron chi connectivity index (χ3n) is 6.22. The second-order valence-electron chi connectivity index (χ2n) is 10.1. The Kier molecular flexibility index (Phi) is 8.49. The van der Waals surface area contributed by atoms with Gasteiger partial charge in [-0.2, -0.15) is 5.26 Å². The molecule has 3 N–H and O–H groups in total. The molecule has 190 valence electrons. The highest BCUT2D eigenvalue weighted by molar-refractivity contribution is 5.94. The van der Waals surface area contributed by atoms with Gasteiger partial charge in [0.2, 0.25) is 5.91 Å². The van der Waals surface area contributed by atoms with Crippen molar-refractivity contribution in [2.24, 2.45) is 11.7 Å². The molecular formula is C28H33N3O5. The van der Waals surface area contributed by atoms with E-state index in [0.29, 0.717) is 38.0 Å². The molecule has 36 heavy (non-hydrogen) atoms. The Labute approximate surface area is 211 Å². The van der Waals surface area contributed by atoms with Crippen LogP contribution >= 0.6 is 0 Å². The van der Waals surface area contributed by atoms with Crippen LogP contribution in [0.25, 0.3) is 11.1 Å². The van der Waals surface area contributed by atoms with Crippen LogP contribution < -0.4 is 11.1 Å². The highest BCUT2D eigenvalue weighted by atomic mass is 16.6. The quantitative estimate of drug-likeness (QED) is 0.576. The summed E-state index contributed by atoms with van der Waals surface area (Å²) in [6.07, 6.45) is 0.111. The van der Waals surface area contributed by atoms with Gasteiger partial charge in [0.25, 0.3) is 0 Å². The van der Waals surface area contributed by atoms with E-state index >= 15 is 0 Å². The van der Waals surface area contributed by atoms with Crippen molar-refractivity contribution < 1.29 is 23.9 Å². The number of benzene rings is 2. The van der Waals surface area contributed by atoms with Crippen molar-refractivity contribution in [1.29, 1.82) is 5.26 Å². The number of carbonyl (C=O) groups is 3. The number of nitrogens with one attached hydrogen (secondary N) is 1. The minimum absolute atomic E-state index is 0.100. The van der Waals surface area contributed by atoms with Gasteiger partial charge in [-0.3, -0.25) is 9.59 Å². The van der Waals surface area contributed by atoms with Crippen LogP contribution in [0.15, 0.2) is 48.5 Å². The van der Waals surface area contributed by atoms with Crippen LogP contribution in [-0.2, 0) is 25.5 Å². The van der Waals surface area contributed by atoms with E-state index in [1.807, 2.05) is 42.5 Å². The summed E-state index contributed by atoms with van der Waals surface area (Å²) in [6.45, 7) is 5.88. The van der Waals surface area contributed by atoms with Crippen LogP contribution in [0.4, 0.5) is 4.79 Å². The lowest BCUT2D eigenvalue weighted by molar-refractivity contribution is -0.133. The number of primary amides is 1. The Morgan fingerprint density at radius 1 is 1.11 bits per heavy atom. The van der Waals surface area contributed by atoms with Crippen molar-refractivity contribution >= 4 is 17.8 Å². The van der Waals surface area contributed by atoms with Crippen molar-refractivity contribution in [3.63, 3.8) is 0 Å². The van der Waals surface area contributed by atoms with E-state index in [2.05, 4.69) is 11.4 Å². The Balaban J connectivity index is 1.73. The highest BCUT2D eigenvalue weighted by Gasteiger charge is 2.43. The number of amides is 2. The molecule has 0 saturated carbocycles. The second kappa shape index (κ2) is 11.4. The molecule has 0 spiro atoms. The summed E-state index contributed by atoms with van der Waals surface area (Å²) in [6, 6.07) is 17.0. The maximum Gasteiger partial charge on any atom is 0.408 e. The molecule has 1 aliphatic rings. The smallest absolute Gasteiger partial charge is 0.408 e. The fourth-order valence-electron chi connectivity index (χ4n) is 4.27. The van der Waals surface area contributed by atoms with Gasteiger partial charge < -0.3 is 20.5 Å². The Bertz CT molecular complexity index is 1140. The number of carbonyl (C=O) groups excluding carboxylic acids is 3. The zero-order valence-corrected chi connectivity index (χ0v) is 21.0. The molecule has 2 aromatic carbocycles. The van der Waals surface area contributed by atoms with Gasteiger partial charge in [-0.1, -0.05) is 36.4 Å². The van der Waals surface area contributed by atoms with Gasteiger partial charge >= 0.3 is 6.09 Å². The molecular weight excluding hydrogens is 458 g/mol. The number of nitrogens with two attached hydrogens (primary N) is 1. The van der Waals surface area contributed by atoms with Crippen LogP contribution in [0, 0.1) is 17.2 Å². The van der Waals surface area contributed by atoms with E-state index in [0.717, 1.165) is 16.7 Å². The number of hydrogen-bond acceptors (Lipinski definition) is 6. The van der Waals surface area contributed by atoms with Crippen LogP contribution in [0.1, 0.15) is 51.2 Å². The monoisotopic (exact) mass is 491 g/mol. The van der Waals surface area contributed by atoms with E-state index in [4.69, 9.17) is 20.5 Å². The van der Waals surface area contributed by atoms with Gasteiger partial charge in [0.15, 0.2) is 5.78 Å². The molecule has 0 unspecified atom stereocenters. The van der Waals surface area contributed by atoms with Gasteiger partial charge in [-0.25, -0.2) is 4.79 Å². The number of ether oxygens (including phenoxy) is 2. The predicted molar refractivity (Wildman–Crippen MR) is 135 cm³/mol. The van der Waals surface area contributed by atoms with E-state index < -0.39 is 29.1 Å². The van der Waals surface area contributed by atoms with E-state index in [1.54, 1.807) is 26.8 Å². The third kappa shape index (κ3) is 7.15. The summed E-state index contributed by atoms with van der Waals surface area (Å²) in [5.41, 5.74) is 7.09. The van der Waals surface area contributed by atoms with Crippen molar-refractivity contribution in [2.45, 2.75) is 57.6 Å². The summed E-state index contributed by atoms with van der Waals surface area (Å²) in [5, 5.41) is 11.9. The number of Topliss-reactive ketones (excluding diaryl/α,β-unsaturated/α-hetero) is 1. The topological polar surface area (TPSA) is 132 Å². The largest absolute Gasteiger partial charge is 0.444 e. The average Bonchev–Trinajstić information content (AvgIpc) is 2.83. The lowest BCUT2D eigenvalue weighted by atomic mass is 9.80. The molecule has 2 aromatic rings. The first-order chi connectivity index (χ1) is 17.0. The number of rotatable bonds is 8. The van der Waals surface area contributed by atoms with Crippen molar-refractivity contribution in [2.75, 3.05) is 13.2 Å². The molecule has 0 aromatic heterocycles. The first-order valence-electron chi connectivity index (χ1n) is 12.0. The normalized spacial score (nSPS) is 15.8. The van der Waals surface area contributed by atoms with E-state index in [1.165, 1.54) is 0 Å². The number of nitrogens with zero attached hydrogens (tertiary/aromatic N) is 1. The fraction of sp³-hybridized carbons (Fsp3) is 0.429. The first kappa shape index (κ1) is 26.9. The minimum Gasteiger partial charge on any atom is -0.444 e. The third-order valence-corrected chi connectivity index (χ3v) is 6.22. The van der Waals surface area contributed by atoms with Crippen molar-refractivity contribution in [1.82, 2.24) is 5.32 Å². The standard InChI is InChI=1S/C28H33N3O5/c1-27(2,3)36-26(34)31-28(11-13-35-14-12-28)24(32)17-23(25(30)33)15-19-7-9-21(10-8-19)22-6-4-5-20(16-22)18-29/h4-10,16,23H,11-15,17H2,1-3H3,(H2,30,33)(H,31,34)/t23-/m1/s1. The van der Waals surface area contributed by atoms with E-state index in [9.17, 15) is 14.4 Å². The summed E-state index contributed by atoms with van der Waals surface area (Å²) < 4.78 is 10.8. The summed E-state index contributed by atoms with van der Waals surface area (Å²) in [7, 11) is 0. The zero-order valence-electron chi connectivity index (χ0n) is 21.0. The van der Waals surface area contributed by atoms with Gasteiger partial charge in [0.1, 0.15) is 11.1 Å².